The van der Waals surface area contributed by atoms with E-state index in [1.807, 2.05) is 36.5 Å². The standard InChI is InChI=1S/C17H15FN2O2/c18-14-4-2-13(3-5-14)17(21)12-22-16-8-6-15(7-9-16)20-11-1-10-19-20/h1-11,17,21H,12H2. The van der Waals surface area contributed by atoms with Gasteiger partial charge in [0.05, 0.1) is 5.69 Å². The summed E-state index contributed by atoms with van der Waals surface area (Å²) in [6, 6.07) is 15.0. The average Bonchev–Trinajstić information content (AvgIpc) is 3.08. The Bertz CT molecular complexity index is 709. The molecule has 0 saturated carbocycles. The molecule has 112 valence electrons. The zero-order valence-corrected chi connectivity index (χ0v) is 11.8. The molecule has 0 radical (unpaired) electrons. The molecule has 4 nitrogen and oxygen atoms in total. The van der Waals surface area contributed by atoms with Crippen molar-refractivity contribution in [3.63, 3.8) is 0 Å². The van der Waals surface area contributed by atoms with Crippen LogP contribution in [0.15, 0.2) is 67.0 Å². The number of rotatable bonds is 5. The summed E-state index contributed by atoms with van der Waals surface area (Å²) < 4.78 is 20.1. The second-order valence-electron chi connectivity index (χ2n) is 4.82. The third-order valence-electron chi connectivity index (χ3n) is 3.27. The van der Waals surface area contributed by atoms with Crippen molar-refractivity contribution in [2.75, 3.05) is 6.61 Å². The fourth-order valence-corrected chi connectivity index (χ4v) is 2.07. The third kappa shape index (κ3) is 3.32. The van der Waals surface area contributed by atoms with Crippen LogP contribution in [0, 0.1) is 5.82 Å². The molecule has 22 heavy (non-hydrogen) atoms. The minimum atomic E-state index is -0.800. The van der Waals surface area contributed by atoms with Crippen LogP contribution in [0.4, 0.5) is 4.39 Å². The largest absolute Gasteiger partial charge is 0.491 e. The van der Waals surface area contributed by atoms with Crippen LogP contribution in [0.25, 0.3) is 5.69 Å². The second-order valence-corrected chi connectivity index (χ2v) is 4.82. The maximum atomic E-state index is 12.8. The first-order valence-corrected chi connectivity index (χ1v) is 6.89. The Kier molecular flexibility index (Phi) is 4.16. The summed E-state index contributed by atoms with van der Waals surface area (Å²) in [5.41, 5.74) is 1.55. The minimum Gasteiger partial charge on any atom is -0.491 e. The molecule has 1 atom stereocenters. The molecule has 1 unspecified atom stereocenters. The molecule has 0 spiro atoms. The lowest BCUT2D eigenvalue weighted by molar-refractivity contribution is 0.108. The molecule has 0 saturated heterocycles. The molecule has 0 aliphatic heterocycles. The summed E-state index contributed by atoms with van der Waals surface area (Å²) in [7, 11) is 0. The molecule has 2 aromatic carbocycles. The number of aliphatic hydroxyl groups is 1. The molecular weight excluding hydrogens is 283 g/mol. The lowest BCUT2D eigenvalue weighted by Gasteiger charge is -2.13. The van der Waals surface area contributed by atoms with Gasteiger partial charge in [0.1, 0.15) is 24.3 Å². The van der Waals surface area contributed by atoms with Crippen molar-refractivity contribution >= 4 is 0 Å². The normalized spacial score (nSPS) is 12.1. The van der Waals surface area contributed by atoms with Crippen molar-refractivity contribution < 1.29 is 14.2 Å². The van der Waals surface area contributed by atoms with Crippen molar-refractivity contribution in [1.29, 1.82) is 0 Å². The van der Waals surface area contributed by atoms with E-state index in [1.165, 1.54) is 12.1 Å². The summed E-state index contributed by atoms with van der Waals surface area (Å²) in [5.74, 6) is 0.322. The smallest absolute Gasteiger partial charge is 0.123 e. The summed E-state index contributed by atoms with van der Waals surface area (Å²) in [5, 5.41) is 14.2. The Morgan fingerprint density at radius 3 is 2.45 bits per heavy atom. The predicted molar refractivity (Wildman–Crippen MR) is 80.4 cm³/mol. The fraction of sp³-hybridized carbons (Fsp3) is 0.118. The molecule has 5 heteroatoms. The Labute approximate surface area is 127 Å². The quantitative estimate of drug-likeness (QED) is 0.787. The van der Waals surface area contributed by atoms with Gasteiger partial charge in [0.15, 0.2) is 0 Å². The van der Waals surface area contributed by atoms with Crippen LogP contribution in [0.3, 0.4) is 0 Å². The van der Waals surface area contributed by atoms with E-state index in [4.69, 9.17) is 4.74 Å². The molecule has 3 rings (SSSR count). The van der Waals surface area contributed by atoms with Gasteiger partial charge in [-0.25, -0.2) is 9.07 Å². The molecule has 0 fully saturated rings. The van der Waals surface area contributed by atoms with E-state index >= 15 is 0 Å². The van der Waals surface area contributed by atoms with Crippen molar-refractivity contribution in [2.45, 2.75) is 6.10 Å². The summed E-state index contributed by atoms with van der Waals surface area (Å²) >= 11 is 0. The summed E-state index contributed by atoms with van der Waals surface area (Å²) in [6.45, 7) is 0.104. The van der Waals surface area contributed by atoms with E-state index in [1.54, 1.807) is 23.0 Å². The van der Waals surface area contributed by atoms with Crippen molar-refractivity contribution in [3.8, 4) is 11.4 Å². The summed E-state index contributed by atoms with van der Waals surface area (Å²) in [4.78, 5) is 0. The molecule has 0 aliphatic rings. The van der Waals surface area contributed by atoms with Crippen LogP contribution in [0.5, 0.6) is 5.75 Å². The van der Waals surface area contributed by atoms with Crippen molar-refractivity contribution in [3.05, 3.63) is 78.4 Å². The molecular formula is C17H15FN2O2. The van der Waals surface area contributed by atoms with Crippen LogP contribution in [0.1, 0.15) is 11.7 Å². The highest BCUT2D eigenvalue weighted by Crippen LogP contribution is 2.18. The van der Waals surface area contributed by atoms with E-state index in [0.717, 1.165) is 5.69 Å². The van der Waals surface area contributed by atoms with E-state index in [9.17, 15) is 9.50 Å². The Hall–Kier alpha value is -2.66. The highest BCUT2D eigenvalue weighted by atomic mass is 19.1. The van der Waals surface area contributed by atoms with Gasteiger partial charge in [-0.05, 0) is 48.0 Å². The van der Waals surface area contributed by atoms with Gasteiger partial charge in [-0.3, -0.25) is 0 Å². The van der Waals surface area contributed by atoms with Gasteiger partial charge in [0.25, 0.3) is 0 Å². The second kappa shape index (κ2) is 6.41. The lowest BCUT2D eigenvalue weighted by atomic mass is 10.1. The van der Waals surface area contributed by atoms with Gasteiger partial charge >= 0.3 is 0 Å². The van der Waals surface area contributed by atoms with Crippen LogP contribution >= 0.6 is 0 Å². The number of aliphatic hydroxyl groups excluding tert-OH is 1. The number of ether oxygens (including phenoxy) is 1. The number of benzene rings is 2. The van der Waals surface area contributed by atoms with E-state index in [2.05, 4.69) is 5.10 Å². The molecule has 1 aromatic heterocycles. The third-order valence-corrected chi connectivity index (χ3v) is 3.27. The lowest BCUT2D eigenvalue weighted by Crippen LogP contribution is -2.09. The number of aromatic nitrogens is 2. The number of hydrogen-bond donors (Lipinski definition) is 1. The Balaban J connectivity index is 1.60. The van der Waals surface area contributed by atoms with Crippen LogP contribution in [-0.4, -0.2) is 21.5 Å². The van der Waals surface area contributed by atoms with Crippen molar-refractivity contribution in [2.24, 2.45) is 0 Å². The molecule has 1 N–H and O–H groups in total. The Morgan fingerprint density at radius 1 is 1.09 bits per heavy atom. The molecule has 0 amide bonds. The van der Waals surface area contributed by atoms with E-state index in [0.29, 0.717) is 11.3 Å². The van der Waals surface area contributed by atoms with Crippen molar-refractivity contribution in [1.82, 2.24) is 9.78 Å². The number of halogens is 1. The van der Waals surface area contributed by atoms with Crippen LogP contribution < -0.4 is 4.74 Å². The minimum absolute atomic E-state index is 0.104. The monoisotopic (exact) mass is 298 g/mol. The van der Waals surface area contributed by atoms with Gasteiger partial charge < -0.3 is 9.84 Å². The van der Waals surface area contributed by atoms with Gasteiger partial charge in [0.2, 0.25) is 0 Å². The van der Waals surface area contributed by atoms with Crippen LogP contribution in [0.2, 0.25) is 0 Å². The first-order valence-electron chi connectivity index (χ1n) is 6.89. The van der Waals surface area contributed by atoms with Gasteiger partial charge in [0, 0.05) is 12.4 Å². The first-order chi connectivity index (χ1) is 10.7. The van der Waals surface area contributed by atoms with Gasteiger partial charge in [-0.2, -0.15) is 5.10 Å². The van der Waals surface area contributed by atoms with Gasteiger partial charge in [-0.1, -0.05) is 12.1 Å². The van der Waals surface area contributed by atoms with Crippen LogP contribution in [-0.2, 0) is 0 Å². The number of hydrogen-bond acceptors (Lipinski definition) is 3. The highest BCUT2D eigenvalue weighted by molar-refractivity contribution is 5.36. The predicted octanol–water partition coefficient (Wildman–Crippen LogP) is 3.12. The topological polar surface area (TPSA) is 47.3 Å². The van der Waals surface area contributed by atoms with Gasteiger partial charge in [-0.15, -0.1) is 0 Å². The maximum Gasteiger partial charge on any atom is 0.123 e. The molecule has 3 aromatic rings. The fourth-order valence-electron chi connectivity index (χ4n) is 2.07. The highest BCUT2D eigenvalue weighted by Gasteiger charge is 2.08. The maximum absolute atomic E-state index is 12.8. The average molecular weight is 298 g/mol. The zero-order chi connectivity index (χ0) is 15.4. The Morgan fingerprint density at radius 2 is 1.82 bits per heavy atom. The number of nitrogens with zero attached hydrogens (tertiary/aromatic N) is 2. The molecule has 1 heterocycles. The molecule has 0 aliphatic carbocycles. The zero-order valence-electron chi connectivity index (χ0n) is 11.8. The van der Waals surface area contributed by atoms with E-state index in [-0.39, 0.29) is 12.4 Å². The SMILES string of the molecule is OC(COc1ccc(-n2cccn2)cc1)c1ccc(F)cc1. The molecule has 0 bridgehead atoms. The summed E-state index contributed by atoms with van der Waals surface area (Å²) in [6.07, 6.45) is 2.77. The van der Waals surface area contributed by atoms with E-state index < -0.39 is 6.10 Å². The first kappa shape index (κ1) is 14.3.